The molecule has 0 aliphatic rings. The van der Waals surface area contributed by atoms with Crippen molar-refractivity contribution in [3.63, 3.8) is 0 Å². The average Bonchev–Trinajstić information content (AvgIpc) is 2.68. The lowest BCUT2D eigenvalue weighted by atomic mass is 10.2. The third kappa shape index (κ3) is 3.06. The number of benzene rings is 1. The second-order valence-corrected chi connectivity index (χ2v) is 6.03. The van der Waals surface area contributed by atoms with E-state index in [2.05, 4.69) is 10.3 Å². The van der Waals surface area contributed by atoms with Crippen molar-refractivity contribution in [2.45, 2.75) is 13.5 Å². The predicted molar refractivity (Wildman–Crippen MR) is 77.7 cm³/mol. The number of nitrogens with two attached hydrogens (primary N) is 1. The Balaban J connectivity index is 2.11. The topological polar surface area (TPSA) is 50.9 Å². The average molecular weight is 363 g/mol. The molecule has 0 aliphatic carbocycles. The number of hydrogen-bond donors (Lipinski definition) is 2. The molecule has 2 rings (SSSR count). The predicted octanol–water partition coefficient (Wildman–Crippen LogP) is 3.39. The van der Waals surface area contributed by atoms with Crippen molar-refractivity contribution in [1.29, 1.82) is 0 Å². The molecule has 2 aromatic rings. The van der Waals surface area contributed by atoms with Gasteiger partial charge in [0.05, 0.1) is 26.5 Å². The molecule has 17 heavy (non-hydrogen) atoms. The van der Waals surface area contributed by atoms with Crippen LogP contribution in [0.3, 0.4) is 0 Å². The number of rotatable bonds is 3. The van der Waals surface area contributed by atoms with E-state index in [4.69, 9.17) is 5.73 Å². The van der Waals surface area contributed by atoms with Crippen LogP contribution in [0.25, 0.3) is 0 Å². The summed E-state index contributed by atoms with van der Waals surface area (Å²) < 4.78 is 13.9. The van der Waals surface area contributed by atoms with Crippen LogP contribution in [-0.2, 0) is 6.54 Å². The quantitative estimate of drug-likeness (QED) is 0.649. The van der Waals surface area contributed by atoms with Crippen LogP contribution in [0, 0.1) is 16.3 Å². The van der Waals surface area contributed by atoms with Crippen molar-refractivity contribution >= 4 is 45.3 Å². The minimum atomic E-state index is -0.261. The van der Waals surface area contributed by atoms with E-state index in [1.807, 2.05) is 35.7 Å². The molecule has 1 aromatic heterocycles. The number of nitrogens with zero attached hydrogens (tertiary/aromatic N) is 1. The fraction of sp³-hybridized carbons (Fsp3) is 0.182. The van der Waals surface area contributed by atoms with E-state index in [1.165, 1.54) is 6.07 Å². The molecule has 0 amide bonds. The molecule has 1 heterocycles. The smallest absolute Gasteiger partial charge is 0.138 e. The van der Waals surface area contributed by atoms with Crippen LogP contribution in [0.4, 0.5) is 15.8 Å². The molecule has 1 aromatic carbocycles. The van der Waals surface area contributed by atoms with Crippen molar-refractivity contribution in [2.24, 2.45) is 0 Å². The Kier molecular flexibility index (Phi) is 3.82. The van der Waals surface area contributed by atoms with Gasteiger partial charge in [0.15, 0.2) is 0 Å². The van der Waals surface area contributed by atoms with Gasteiger partial charge in [0.25, 0.3) is 0 Å². The number of aryl methyl sites for hydroxylation is 1. The minimum Gasteiger partial charge on any atom is -0.397 e. The Morgan fingerprint density at radius 1 is 1.53 bits per heavy atom. The van der Waals surface area contributed by atoms with Crippen LogP contribution in [0.1, 0.15) is 9.88 Å². The van der Waals surface area contributed by atoms with Gasteiger partial charge >= 0.3 is 0 Å². The van der Waals surface area contributed by atoms with Crippen molar-refractivity contribution in [2.75, 3.05) is 11.1 Å². The third-order valence-corrected chi connectivity index (χ3v) is 3.95. The first-order valence-electron chi connectivity index (χ1n) is 4.96. The van der Waals surface area contributed by atoms with Crippen molar-refractivity contribution in [3.8, 4) is 0 Å². The summed E-state index contributed by atoms with van der Waals surface area (Å²) >= 11 is 3.53. The standard InChI is InChI=1S/C11H11FIN3S/c1-6-15-4-7(17-6)5-16-11-2-8(12)9(13)3-10(11)14/h2-4,16H,5,14H2,1H3. The lowest BCUT2D eigenvalue weighted by Crippen LogP contribution is -2.02. The van der Waals surface area contributed by atoms with Crippen molar-refractivity contribution < 1.29 is 4.39 Å². The lowest BCUT2D eigenvalue weighted by molar-refractivity contribution is 0.621. The zero-order valence-corrected chi connectivity index (χ0v) is 12.1. The van der Waals surface area contributed by atoms with E-state index in [9.17, 15) is 4.39 Å². The van der Waals surface area contributed by atoms with Crippen LogP contribution >= 0.6 is 33.9 Å². The number of thiazole rings is 1. The molecule has 3 N–H and O–H groups in total. The lowest BCUT2D eigenvalue weighted by Gasteiger charge is -2.09. The summed E-state index contributed by atoms with van der Waals surface area (Å²) in [6.07, 6.45) is 1.81. The van der Waals surface area contributed by atoms with Gasteiger partial charge in [0.1, 0.15) is 5.82 Å². The van der Waals surface area contributed by atoms with Gasteiger partial charge in [-0.05, 0) is 35.6 Å². The zero-order valence-electron chi connectivity index (χ0n) is 9.13. The largest absolute Gasteiger partial charge is 0.397 e. The monoisotopic (exact) mass is 363 g/mol. The first kappa shape index (κ1) is 12.6. The van der Waals surface area contributed by atoms with Crippen molar-refractivity contribution in [1.82, 2.24) is 4.98 Å². The summed E-state index contributed by atoms with van der Waals surface area (Å²) in [6.45, 7) is 2.56. The number of aromatic nitrogens is 1. The normalized spacial score (nSPS) is 10.5. The fourth-order valence-corrected chi connectivity index (χ4v) is 2.61. The fourth-order valence-electron chi connectivity index (χ4n) is 1.38. The summed E-state index contributed by atoms with van der Waals surface area (Å²) in [5, 5.41) is 4.13. The summed E-state index contributed by atoms with van der Waals surface area (Å²) in [4.78, 5) is 5.25. The Bertz CT molecular complexity index is 542. The Labute approximate surface area is 116 Å². The molecule has 0 spiro atoms. The highest BCUT2D eigenvalue weighted by molar-refractivity contribution is 14.1. The van der Waals surface area contributed by atoms with Gasteiger partial charge in [0.2, 0.25) is 0 Å². The maximum absolute atomic E-state index is 13.4. The molecular formula is C11H11FIN3S. The maximum Gasteiger partial charge on any atom is 0.138 e. The van der Waals surface area contributed by atoms with Gasteiger partial charge in [-0.15, -0.1) is 11.3 Å². The number of nitrogen functional groups attached to an aromatic ring is 1. The molecule has 0 saturated heterocycles. The highest BCUT2D eigenvalue weighted by atomic mass is 127. The molecule has 0 radical (unpaired) electrons. The second-order valence-electron chi connectivity index (χ2n) is 3.55. The zero-order chi connectivity index (χ0) is 12.4. The Morgan fingerprint density at radius 3 is 2.94 bits per heavy atom. The molecule has 90 valence electrons. The second kappa shape index (κ2) is 5.18. The number of nitrogens with one attached hydrogen (secondary N) is 1. The van der Waals surface area contributed by atoms with E-state index in [-0.39, 0.29) is 5.82 Å². The summed E-state index contributed by atoms with van der Waals surface area (Å²) in [5.41, 5.74) is 6.99. The molecule has 0 unspecified atom stereocenters. The number of anilines is 2. The first-order valence-corrected chi connectivity index (χ1v) is 6.85. The van der Waals surface area contributed by atoms with Crippen LogP contribution in [-0.4, -0.2) is 4.98 Å². The summed E-state index contributed by atoms with van der Waals surface area (Å²) in [7, 11) is 0. The van der Waals surface area contributed by atoms with Gasteiger partial charge in [-0.25, -0.2) is 9.37 Å². The Morgan fingerprint density at radius 2 is 2.29 bits per heavy atom. The molecule has 0 atom stereocenters. The van der Waals surface area contributed by atoms with Gasteiger partial charge in [0, 0.05) is 17.1 Å². The van der Waals surface area contributed by atoms with Gasteiger partial charge in [-0.3, -0.25) is 0 Å². The highest BCUT2D eigenvalue weighted by Crippen LogP contribution is 2.25. The SMILES string of the molecule is Cc1ncc(CNc2cc(F)c(I)cc2N)s1. The van der Waals surface area contributed by atoms with Crippen LogP contribution in [0.5, 0.6) is 0 Å². The van der Waals surface area contributed by atoms with Crippen LogP contribution in [0.15, 0.2) is 18.3 Å². The van der Waals surface area contributed by atoms with E-state index >= 15 is 0 Å². The molecule has 0 aliphatic heterocycles. The van der Waals surface area contributed by atoms with Gasteiger partial charge < -0.3 is 11.1 Å². The van der Waals surface area contributed by atoms with Crippen LogP contribution < -0.4 is 11.1 Å². The van der Waals surface area contributed by atoms with Gasteiger partial charge in [-0.2, -0.15) is 0 Å². The molecule has 6 heteroatoms. The van der Waals surface area contributed by atoms with E-state index in [1.54, 1.807) is 17.4 Å². The van der Waals surface area contributed by atoms with Crippen molar-refractivity contribution in [3.05, 3.63) is 37.6 Å². The van der Waals surface area contributed by atoms with E-state index in [0.717, 1.165) is 9.88 Å². The summed E-state index contributed by atoms with van der Waals surface area (Å²) in [6, 6.07) is 3.04. The summed E-state index contributed by atoms with van der Waals surface area (Å²) in [5.74, 6) is -0.261. The minimum absolute atomic E-state index is 0.261. The molecular weight excluding hydrogens is 352 g/mol. The molecule has 0 saturated carbocycles. The van der Waals surface area contributed by atoms with E-state index < -0.39 is 0 Å². The van der Waals surface area contributed by atoms with E-state index in [0.29, 0.717) is 21.5 Å². The van der Waals surface area contributed by atoms with Crippen LogP contribution in [0.2, 0.25) is 0 Å². The third-order valence-electron chi connectivity index (χ3n) is 2.21. The molecule has 0 fully saturated rings. The first-order chi connectivity index (χ1) is 8.06. The number of halogens is 2. The number of hydrogen-bond acceptors (Lipinski definition) is 4. The highest BCUT2D eigenvalue weighted by Gasteiger charge is 2.06. The van der Waals surface area contributed by atoms with Gasteiger partial charge in [-0.1, -0.05) is 0 Å². The maximum atomic E-state index is 13.4. The molecule has 0 bridgehead atoms. The Hall–Kier alpha value is -0.890. The molecule has 3 nitrogen and oxygen atoms in total.